The van der Waals surface area contributed by atoms with E-state index in [2.05, 4.69) is 4.98 Å². The van der Waals surface area contributed by atoms with Gasteiger partial charge in [0.15, 0.2) is 43.8 Å². The van der Waals surface area contributed by atoms with Gasteiger partial charge in [0, 0.05) is 18.8 Å². The van der Waals surface area contributed by atoms with E-state index in [4.69, 9.17) is 61.6 Å². The third-order valence-corrected chi connectivity index (χ3v) is 14.3. The maximum Gasteiger partial charge on any atom is 0.306 e. The van der Waals surface area contributed by atoms with E-state index in [1.807, 2.05) is 0 Å². The van der Waals surface area contributed by atoms with Crippen LogP contribution in [0, 0.1) is 0 Å². The normalized spacial score (nSPS) is 49.5. The Morgan fingerprint density at radius 3 is 0.947 bits per heavy atom. The highest BCUT2D eigenvalue weighted by Gasteiger charge is 2.59. The fourth-order valence-electron chi connectivity index (χ4n) is 10.1. The summed E-state index contributed by atoms with van der Waals surface area (Å²) in [6.07, 6.45) is -56.9. The largest absolute Gasteiger partial charge is 0.456 e. The van der Waals surface area contributed by atoms with Gasteiger partial charge in [0.05, 0.1) is 39.6 Å². The van der Waals surface area contributed by atoms with Crippen LogP contribution in [-0.2, 0) is 72.8 Å². The molecule has 22 aliphatic heterocycles. The van der Waals surface area contributed by atoms with Gasteiger partial charge in [0.2, 0.25) is 0 Å². The van der Waals surface area contributed by atoms with Crippen molar-refractivity contribution < 1.29 is 153 Å². The Balaban J connectivity index is 1.12. The number of aliphatic hydroxyl groups is 17. The lowest BCUT2D eigenvalue weighted by Crippen LogP contribution is -2.69. The quantitative estimate of drug-likeness (QED) is 0.0968. The summed E-state index contributed by atoms with van der Waals surface area (Å²) in [5.74, 6) is -0.990. The molecule has 32 nitrogen and oxygen atoms in total. The molecule has 23 rings (SSSR count). The molecule has 0 spiro atoms. The molecule has 0 radical (unpaired) electrons. The van der Waals surface area contributed by atoms with Crippen molar-refractivity contribution in [1.29, 1.82) is 0 Å². The molecular formula is C44H67NO31. The number of ether oxygens (including phenoxy) is 13. The molecule has 0 unspecified atom stereocenters. The number of pyridine rings is 1. The highest BCUT2D eigenvalue weighted by Crippen LogP contribution is 2.38. The Bertz CT molecular complexity index is 1960. The Morgan fingerprint density at radius 2 is 0.671 bits per heavy atom. The molecule has 0 aliphatic carbocycles. The van der Waals surface area contributed by atoms with Gasteiger partial charge in [-0.15, -0.1) is 0 Å². The van der Waals surface area contributed by atoms with Crippen molar-refractivity contribution in [1.82, 2.24) is 4.98 Å². The van der Waals surface area contributed by atoms with Crippen LogP contribution >= 0.6 is 0 Å². The molecule has 30 atom stereocenters. The molecule has 22 fully saturated rings. The molecule has 76 heavy (non-hydrogen) atoms. The van der Waals surface area contributed by atoms with Gasteiger partial charge < -0.3 is 148 Å². The predicted molar refractivity (Wildman–Crippen MR) is 232 cm³/mol. The second kappa shape index (κ2) is 25.9. The summed E-state index contributed by atoms with van der Waals surface area (Å²) in [5, 5.41) is 188. The molecular weight excluding hydrogens is 1040 g/mol. The van der Waals surface area contributed by atoms with Crippen molar-refractivity contribution in [3.05, 3.63) is 30.1 Å². The van der Waals surface area contributed by atoms with E-state index in [1.54, 1.807) is 12.1 Å². The number of aliphatic hydroxyl groups excluding tert-OH is 17. The number of carbonyl (C=O) groups is 1. The molecule has 22 saturated heterocycles. The minimum Gasteiger partial charge on any atom is -0.456 e. The lowest BCUT2D eigenvalue weighted by molar-refractivity contribution is -0.404. The number of esters is 1. The Kier molecular flexibility index (Phi) is 20.3. The number of hydrogen-bond acceptors (Lipinski definition) is 32. The van der Waals surface area contributed by atoms with Gasteiger partial charge in [0.25, 0.3) is 0 Å². The Hall–Kier alpha value is -2.54. The maximum atomic E-state index is 13.5. The van der Waals surface area contributed by atoms with Gasteiger partial charge in [-0.1, -0.05) is 6.07 Å². The third kappa shape index (κ3) is 12.2. The van der Waals surface area contributed by atoms with Crippen molar-refractivity contribution in [2.45, 2.75) is 197 Å². The summed E-state index contributed by atoms with van der Waals surface area (Å²) >= 11 is 0. The van der Waals surface area contributed by atoms with Gasteiger partial charge in [-0.05, 0) is 18.1 Å². The molecule has 23 heterocycles. The van der Waals surface area contributed by atoms with Gasteiger partial charge in [-0.25, -0.2) is 0 Å². The molecule has 22 aliphatic rings. The van der Waals surface area contributed by atoms with E-state index in [1.165, 1.54) is 12.4 Å². The van der Waals surface area contributed by atoms with Crippen LogP contribution in [0.3, 0.4) is 0 Å². The summed E-state index contributed by atoms with van der Waals surface area (Å²) in [6, 6.07) is 3.28. The van der Waals surface area contributed by atoms with Crippen LogP contribution < -0.4 is 0 Å². The zero-order valence-electron chi connectivity index (χ0n) is 40.1. The predicted octanol–water partition coefficient (Wildman–Crippen LogP) is -11.5. The molecule has 0 amide bonds. The second-order valence-electron chi connectivity index (χ2n) is 19.2. The van der Waals surface area contributed by atoms with Crippen molar-refractivity contribution in [3.63, 3.8) is 0 Å². The van der Waals surface area contributed by atoms with Crippen molar-refractivity contribution >= 4 is 5.97 Å². The number of carbonyl (C=O) groups excluding carboxylic acids is 1. The first-order valence-corrected chi connectivity index (χ1v) is 24.5. The third-order valence-electron chi connectivity index (χ3n) is 14.3. The smallest absolute Gasteiger partial charge is 0.306 e. The van der Waals surface area contributed by atoms with Crippen LogP contribution in [0.15, 0.2) is 24.5 Å². The summed E-state index contributed by atoms with van der Waals surface area (Å²) < 4.78 is 75.1. The second-order valence-corrected chi connectivity index (χ2v) is 19.2. The number of aromatic nitrogens is 1. The molecule has 0 aromatic carbocycles. The van der Waals surface area contributed by atoms with E-state index in [9.17, 15) is 91.6 Å². The van der Waals surface area contributed by atoms with Gasteiger partial charge in [-0.3, -0.25) is 9.78 Å². The van der Waals surface area contributed by atoms with Gasteiger partial charge in [-0.2, -0.15) is 0 Å². The zero-order valence-corrected chi connectivity index (χ0v) is 40.1. The average Bonchev–Trinajstić information content (AvgIpc) is 3.43. The van der Waals surface area contributed by atoms with E-state index in [0.717, 1.165) is 0 Å². The van der Waals surface area contributed by atoms with Crippen LogP contribution in [0.5, 0.6) is 0 Å². The van der Waals surface area contributed by atoms with Gasteiger partial charge >= 0.3 is 5.97 Å². The standard InChI is InChI=1S/C44H67NO31/c46-7-14-32-21(53)26(58)39(64-14)72-33-15(8-47)66-41(28(60)23(33)55)74-35-17(10-49)68-43(30(62)25(35)57)76-37-19(12-51)69-44(31(63)38(37)70-20(52)4-3-13-2-1-5-45-6-13)75-36-18(11-50)67-42(29(61)24(36)56)73-34-16(9-48)65-40(71-32)27(59)22(34)54/h1-2,5-6,14-19,21-44,46-51,53-63H,3-4,7-12H2/t14-,15-,16-,17-,18-,19-,21-,22-,23-,24-,25-,26-,27-,28-,29-,30-,31-,32-,33-,34-,35-,36-,37+,38-,39-,40-,41-,42-,43-,44-/m1/s1. The minimum atomic E-state index is -2.21. The average molecular weight is 1110 g/mol. The number of aryl methyl sites for hydroxylation is 1. The number of rotatable bonds is 10. The first-order valence-electron chi connectivity index (χ1n) is 24.5. The molecule has 0 saturated carbocycles. The molecule has 1 aromatic heterocycles. The topological polar surface area (TPSA) is 494 Å². The van der Waals surface area contributed by atoms with Crippen molar-refractivity contribution in [2.24, 2.45) is 0 Å². The Labute approximate surface area is 430 Å². The van der Waals surface area contributed by atoms with Crippen LogP contribution in [0.2, 0.25) is 0 Å². The molecule has 17 N–H and O–H groups in total. The monoisotopic (exact) mass is 1110 g/mol. The molecule has 32 heteroatoms. The molecule has 434 valence electrons. The van der Waals surface area contributed by atoms with Crippen LogP contribution in [0.4, 0.5) is 0 Å². The number of hydrogen-bond donors (Lipinski definition) is 17. The SMILES string of the molecule is O=C(CCc1cccnc1)O[C@@H]1[C@@H](O)[C@H]2O[C@H]3[C@H](O)[C@@H](O)[C@@H](O[C@H]4[C@H](O)[C@@H](O)[C@@H](O[C@H]5[C@H](O)[C@@H](O)[C@@H](O[C@H]6[C@H](O)[C@@H](O)[C@@H](O[C@H]7[C@H](O)[C@@H](O)[C@@H](O[C@H]1[C@@H](CO)O2)O[C@@H]7CO)O[C@@H]6CO)O[C@@H]5CO)O[C@@H]4CO)O[C@@H]3CO. The van der Waals surface area contributed by atoms with E-state index < -0.39 is 230 Å². The molecule has 1 aromatic rings. The summed E-state index contributed by atoms with van der Waals surface area (Å²) in [4.78, 5) is 17.5. The van der Waals surface area contributed by atoms with E-state index >= 15 is 0 Å². The van der Waals surface area contributed by atoms with E-state index in [-0.39, 0.29) is 12.8 Å². The fourth-order valence-corrected chi connectivity index (χ4v) is 10.1. The van der Waals surface area contributed by atoms with Crippen LogP contribution in [0.1, 0.15) is 12.0 Å². The summed E-state index contributed by atoms with van der Waals surface area (Å²) in [7, 11) is 0. The van der Waals surface area contributed by atoms with Crippen molar-refractivity contribution in [3.8, 4) is 0 Å². The highest BCUT2D eigenvalue weighted by atomic mass is 16.8. The van der Waals surface area contributed by atoms with Crippen LogP contribution in [-0.4, -0.2) is 322 Å². The summed E-state index contributed by atoms with van der Waals surface area (Å²) in [5.41, 5.74) is 0.599. The highest BCUT2D eigenvalue weighted by molar-refractivity contribution is 5.70. The van der Waals surface area contributed by atoms with Crippen molar-refractivity contribution in [2.75, 3.05) is 39.6 Å². The minimum absolute atomic E-state index is 0.0647. The molecule has 12 bridgehead atoms. The summed E-state index contributed by atoms with van der Waals surface area (Å²) in [6.45, 7) is -6.17. The first-order chi connectivity index (χ1) is 36.4. The maximum absolute atomic E-state index is 13.5. The zero-order chi connectivity index (χ0) is 54.9. The first kappa shape index (κ1) is 59.6. The lowest BCUT2D eigenvalue weighted by atomic mass is 9.94. The van der Waals surface area contributed by atoms with Gasteiger partial charge in [0.1, 0.15) is 140 Å². The van der Waals surface area contributed by atoms with Crippen LogP contribution in [0.25, 0.3) is 0 Å². The number of nitrogens with zero attached hydrogens (tertiary/aromatic N) is 1. The Morgan fingerprint density at radius 1 is 0.395 bits per heavy atom. The fraction of sp³-hybridized carbons (Fsp3) is 0.864. The van der Waals surface area contributed by atoms with E-state index in [0.29, 0.717) is 5.56 Å². The lowest BCUT2D eigenvalue weighted by Gasteiger charge is -2.51.